The summed E-state index contributed by atoms with van der Waals surface area (Å²) in [4.78, 5) is 52.6. The molecule has 1 fully saturated rings. The zero-order chi connectivity index (χ0) is 21.3. The van der Waals surface area contributed by atoms with Crippen molar-refractivity contribution in [1.82, 2.24) is 19.9 Å². The number of likely N-dealkylation sites (tertiary alicyclic amines) is 1. The number of hydrogen-bond donors (Lipinski definition) is 2. The average Bonchev–Trinajstić information content (AvgIpc) is 3.34. The maximum atomic E-state index is 12.7. The van der Waals surface area contributed by atoms with Crippen LogP contribution in [0.15, 0.2) is 16.4 Å². The highest BCUT2D eigenvalue weighted by Gasteiger charge is 2.28. The molecule has 0 bridgehead atoms. The lowest BCUT2D eigenvalue weighted by Crippen LogP contribution is -2.43. The lowest BCUT2D eigenvalue weighted by Gasteiger charge is -2.32. The SMILES string of the molecule is Cc1sc2nc(CCC(=O)N3CCC[C@@H](C(=O)Nc4nccs4)C3)[nH]c(=O)c2c1C. The number of aromatic amines is 1. The maximum absolute atomic E-state index is 12.7. The van der Waals surface area contributed by atoms with Crippen LogP contribution in [0.25, 0.3) is 10.2 Å². The van der Waals surface area contributed by atoms with E-state index in [1.165, 1.54) is 22.7 Å². The van der Waals surface area contributed by atoms with Crippen molar-refractivity contribution < 1.29 is 9.59 Å². The number of H-pyrrole nitrogens is 1. The van der Waals surface area contributed by atoms with Gasteiger partial charge in [0.1, 0.15) is 10.7 Å². The minimum atomic E-state index is -0.238. The summed E-state index contributed by atoms with van der Waals surface area (Å²) >= 11 is 2.87. The van der Waals surface area contributed by atoms with E-state index in [2.05, 4.69) is 20.3 Å². The number of thiophene rings is 1. The molecule has 1 saturated heterocycles. The highest BCUT2D eigenvalue weighted by atomic mass is 32.1. The van der Waals surface area contributed by atoms with Crippen LogP contribution in [0.4, 0.5) is 5.13 Å². The van der Waals surface area contributed by atoms with Crippen molar-refractivity contribution in [2.75, 3.05) is 18.4 Å². The summed E-state index contributed by atoms with van der Waals surface area (Å²) in [7, 11) is 0. The van der Waals surface area contributed by atoms with Crippen molar-refractivity contribution in [3.8, 4) is 0 Å². The molecule has 1 aliphatic rings. The highest BCUT2D eigenvalue weighted by Crippen LogP contribution is 2.26. The van der Waals surface area contributed by atoms with Crippen LogP contribution in [0.3, 0.4) is 0 Å². The van der Waals surface area contributed by atoms with Gasteiger partial charge in [0.2, 0.25) is 11.8 Å². The number of nitrogens with one attached hydrogen (secondary N) is 2. The third kappa shape index (κ3) is 4.29. The minimum absolute atomic E-state index is 0.0250. The molecule has 3 aromatic rings. The minimum Gasteiger partial charge on any atom is -0.342 e. The van der Waals surface area contributed by atoms with Crippen LogP contribution in [0.5, 0.6) is 0 Å². The molecular formula is C20H23N5O3S2. The summed E-state index contributed by atoms with van der Waals surface area (Å²) < 4.78 is 0. The van der Waals surface area contributed by atoms with Gasteiger partial charge < -0.3 is 15.2 Å². The van der Waals surface area contributed by atoms with Gasteiger partial charge in [0, 0.05) is 42.4 Å². The highest BCUT2D eigenvalue weighted by molar-refractivity contribution is 7.18. The Balaban J connectivity index is 1.37. The molecule has 0 aliphatic carbocycles. The Kier molecular flexibility index (Phi) is 5.96. The van der Waals surface area contributed by atoms with Crippen LogP contribution < -0.4 is 10.9 Å². The molecule has 1 aliphatic heterocycles. The third-order valence-corrected chi connectivity index (χ3v) is 7.26. The number of fused-ring (bicyclic) bond motifs is 1. The topological polar surface area (TPSA) is 108 Å². The number of anilines is 1. The first-order valence-electron chi connectivity index (χ1n) is 9.89. The van der Waals surface area contributed by atoms with Crippen LogP contribution in [-0.4, -0.2) is 44.8 Å². The number of carbonyl (C=O) groups is 2. The molecule has 8 nitrogen and oxygen atoms in total. The van der Waals surface area contributed by atoms with Gasteiger partial charge >= 0.3 is 0 Å². The zero-order valence-corrected chi connectivity index (χ0v) is 18.5. The summed E-state index contributed by atoms with van der Waals surface area (Å²) in [6.07, 6.45) is 3.80. The van der Waals surface area contributed by atoms with Crippen LogP contribution in [-0.2, 0) is 16.0 Å². The Hall–Kier alpha value is -2.59. The van der Waals surface area contributed by atoms with E-state index in [0.717, 1.165) is 23.3 Å². The Labute approximate surface area is 181 Å². The number of rotatable bonds is 5. The smallest absolute Gasteiger partial charge is 0.259 e. The van der Waals surface area contributed by atoms with Crippen molar-refractivity contribution in [3.63, 3.8) is 0 Å². The summed E-state index contributed by atoms with van der Waals surface area (Å²) in [5.74, 6) is 0.167. The molecule has 2 N–H and O–H groups in total. The number of aromatic nitrogens is 3. The van der Waals surface area contributed by atoms with Crippen molar-refractivity contribution in [1.29, 1.82) is 0 Å². The van der Waals surface area contributed by atoms with Crippen LogP contribution in [0.2, 0.25) is 0 Å². The van der Waals surface area contributed by atoms with Gasteiger partial charge in [-0.2, -0.15) is 0 Å². The molecule has 10 heteroatoms. The molecule has 2 amide bonds. The van der Waals surface area contributed by atoms with Gasteiger partial charge in [0.15, 0.2) is 5.13 Å². The van der Waals surface area contributed by atoms with Gasteiger partial charge in [-0.05, 0) is 32.3 Å². The van der Waals surface area contributed by atoms with Gasteiger partial charge in [-0.1, -0.05) is 0 Å². The second kappa shape index (κ2) is 8.65. The average molecular weight is 446 g/mol. The molecule has 3 aromatic heterocycles. The van der Waals surface area contributed by atoms with E-state index >= 15 is 0 Å². The standard InChI is InChI=1S/C20H23N5O3S2/c1-11-12(2)30-19-16(11)18(28)22-14(23-19)5-6-15(26)25-8-3-4-13(10-25)17(27)24-20-21-7-9-29-20/h7,9,13H,3-6,8,10H2,1-2H3,(H,21,24,27)(H,22,23,28)/t13-/m1/s1. The van der Waals surface area contributed by atoms with E-state index in [9.17, 15) is 14.4 Å². The van der Waals surface area contributed by atoms with Crippen molar-refractivity contribution in [3.05, 3.63) is 38.2 Å². The third-order valence-electron chi connectivity index (χ3n) is 5.47. The number of nitrogens with zero attached hydrogens (tertiary/aromatic N) is 3. The summed E-state index contributed by atoms with van der Waals surface area (Å²) in [5, 5.41) is 5.84. The number of carbonyl (C=O) groups excluding carboxylic acids is 2. The first kappa shape index (κ1) is 20.7. The van der Waals surface area contributed by atoms with Gasteiger partial charge in [0.05, 0.1) is 11.3 Å². The van der Waals surface area contributed by atoms with Gasteiger partial charge in [-0.3, -0.25) is 14.4 Å². The predicted molar refractivity (Wildman–Crippen MR) is 118 cm³/mol. The maximum Gasteiger partial charge on any atom is 0.259 e. The molecule has 0 unspecified atom stereocenters. The monoisotopic (exact) mass is 445 g/mol. The van der Waals surface area contributed by atoms with Gasteiger partial charge in [-0.15, -0.1) is 22.7 Å². The molecule has 158 valence electrons. The number of piperidine rings is 1. The summed E-state index contributed by atoms with van der Waals surface area (Å²) in [5.41, 5.74) is 0.808. The van der Waals surface area contributed by atoms with Crippen LogP contribution in [0, 0.1) is 19.8 Å². The van der Waals surface area contributed by atoms with E-state index < -0.39 is 0 Å². The molecule has 4 rings (SSSR count). The van der Waals surface area contributed by atoms with E-state index in [1.807, 2.05) is 13.8 Å². The molecule has 0 saturated carbocycles. The van der Waals surface area contributed by atoms with Crippen molar-refractivity contribution in [2.24, 2.45) is 5.92 Å². The quantitative estimate of drug-likeness (QED) is 0.628. The Bertz CT molecular complexity index is 1140. The van der Waals surface area contributed by atoms with E-state index in [0.29, 0.717) is 40.7 Å². The number of hydrogen-bond acceptors (Lipinski definition) is 7. The number of amides is 2. The van der Waals surface area contributed by atoms with Crippen molar-refractivity contribution >= 4 is 49.8 Å². The molecule has 4 heterocycles. The first-order valence-corrected chi connectivity index (χ1v) is 11.6. The second-order valence-corrected chi connectivity index (χ2v) is 9.58. The number of thiazole rings is 1. The molecule has 0 spiro atoms. The Morgan fingerprint density at radius 3 is 2.97 bits per heavy atom. The largest absolute Gasteiger partial charge is 0.342 e. The lowest BCUT2D eigenvalue weighted by atomic mass is 9.97. The zero-order valence-electron chi connectivity index (χ0n) is 16.9. The second-order valence-electron chi connectivity index (χ2n) is 7.48. The molecule has 1 atom stereocenters. The van der Waals surface area contributed by atoms with E-state index in [-0.39, 0.29) is 29.7 Å². The fourth-order valence-corrected chi connectivity index (χ4v) is 5.29. The van der Waals surface area contributed by atoms with Gasteiger partial charge in [0.25, 0.3) is 5.56 Å². The van der Waals surface area contributed by atoms with Crippen molar-refractivity contribution in [2.45, 2.75) is 39.5 Å². The first-order chi connectivity index (χ1) is 14.4. The predicted octanol–water partition coefficient (Wildman–Crippen LogP) is 2.87. The fourth-order valence-electron chi connectivity index (χ4n) is 3.71. The normalized spacial score (nSPS) is 16.7. The van der Waals surface area contributed by atoms with E-state index in [4.69, 9.17) is 0 Å². The van der Waals surface area contributed by atoms with Gasteiger partial charge in [-0.25, -0.2) is 9.97 Å². The molecular weight excluding hydrogens is 422 g/mol. The molecule has 0 aromatic carbocycles. The summed E-state index contributed by atoms with van der Waals surface area (Å²) in [6.45, 7) is 4.95. The Morgan fingerprint density at radius 1 is 1.37 bits per heavy atom. The fraction of sp³-hybridized carbons (Fsp3) is 0.450. The van der Waals surface area contributed by atoms with Crippen LogP contribution >= 0.6 is 22.7 Å². The van der Waals surface area contributed by atoms with Crippen LogP contribution in [0.1, 0.15) is 35.5 Å². The summed E-state index contributed by atoms with van der Waals surface area (Å²) in [6, 6.07) is 0. The molecule has 0 radical (unpaired) electrons. The number of aryl methyl sites for hydroxylation is 3. The molecule has 30 heavy (non-hydrogen) atoms. The lowest BCUT2D eigenvalue weighted by molar-refractivity contribution is -0.134. The Morgan fingerprint density at radius 2 is 2.20 bits per heavy atom. The van der Waals surface area contributed by atoms with E-state index in [1.54, 1.807) is 16.5 Å².